The van der Waals surface area contributed by atoms with Gasteiger partial charge in [-0.25, -0.2) is 4.79 Å². The molecule has 0 aromatic carbocycles. The fourth-order valence-corrected chi connectivity index (χ4v) is 4.35. The lowest BCUT2D eigenvalue weighted by atomic mass is 9.78. The Hall–Kier alpha value is -0.803. The molecule has 0 unspecified atom stereocenters. The van der Waals surface area contributed by atoms with Crippen LogP contribution in [0.15, 0.2) is 0 Å². The van der Waals surface area contributed by atoms with Crippen LogP contribution in [-0.2, 0) is 28.2 Å². The summed E-state index contributed by atoms with van der Waals surface area (Å²) in [6, 6.07) is 0. The first-order valence-corrected chi connectivity index (χ1v) is 11.4. The predicted octanol–water partition coefficient (Wildman–Crippen LogP) is 1.77. The van der Waals surface area contributed by atoms with Gasteiger partial charge in [-0.2, -0.15) is 0 Å². The fourth-order valence-electron chi connectivity index (χ4n) is 3.02. The van der Waals surface area contributed by atoms with Crippen LogP contribution in [0.4, 0.5) is 0 Å². The van der Waals surface area contributed by atoms with Crippen LogP contribution < -0.4 is 0 Å². The van der Waals surface area contributed by atoms with Crippen molar-refractivity contribution in [2.45, 2.75) is 88.9 Å². The summed E-state index contributed by atoms with van der Waals surface area (Å²) in [5, 5.41) is 10.7. The number of Topliss-reactive ketones (excluding diaryl/α,β-unsaturated/α-hetero) is 1. The van der Waals surface area contributed by atoms with Gasteiger partial charge < -0.3 is 23.7 Å². The van der Waals surface area contributed by atoms with E-state index in [0.717, 1.165) is 7.11 Å². The third kappa shape index (κ3) is 3.55. The van der Waals surface area contributed by atoms with Crippen LogP contribution >= 0.6 is 0 Å². The molecule has 0 aromatic heterocycles. The van der Waals surface area contributed by atoms with Crippen molar-refractivity contribution >= 4 is 20.1 Å². The standard InChI is InChI=1S/C17H30O7Si/c1-15(2,3)25(7,8)24-10-9-17(20,14(19)21-6)13(18)12-11(10)22-16(4,5)23-12/h10-12,20H,9H2,1-8H3/t10-,11-,12-,17-/m0/s1. The van der Waals surface area contributed by atoms with E-state index in [2.05, 4.69) is 38.6 Å². The number of rotatable bonds is 3. The van der Waals surface area contributed by atoms with Crippen molar-refractivity contribution in [2.75, 3.05) is 7.11 Å². The fraction of sp³-hybridized carbons (Fsp3) is 0.882. The Morgan fingerprint density at radius 3 is 2.32 bits per heavy atom. The van der Waals surface area contributed by atoms with Crippen molar-refractivity contribution in [3.05, 3.63) is 0 Å². The molecule has 1 saturated heterocycles. The van der Waals surface area contributed by atoms with Crippen LogP contribution in [0.5, 0.6) is 0 Å². The van der Waals surface area contributed by atoms with Crippen molar-refractivity contribution in [3.63, 3.8) is 0 Å². The molecular formula is C17H30O7Si. The lowest BCUT2D eigenvalue weighted by molar-refractivity contribution is -0.183. The summed E-state index contributed by atoms with van der Waals surface area (Å²) in [5.74, 6) is -2.72. The number of methoxy groups -OCH3 is 1. The van der Waals surface area contributed by atoms with Gasteiger partial charge >= 0.3 is 5.97 Å². The quantitative estimate of drug-likeness (QED) is 0.457. The summed E-state index contributed by atoms with van der Waals surface area (Å²) in [5.41, 5.74) is -2.28. The molecule has 0 spiro atoms. The smallest absolute Gasteiger partial charge is 0.345 e. The molecule has 144 valence electrons. The van der Waals surface area contributed by atoms with E-state index >= 15 is 0 Å². The second kappa shape index (κ2) is 6.13. The lowest BCUT2D eigenvalue weighted by Gasteiger charge is -2.45. The number of ether oxygens (including phenoxy) is 3. The van der Waals surface area contributed by atoms with Crippen LogP contribution in [0.25, 0.3) is 0 Å². The zero-order chi connectivity index (χ0) is 19.4. The van der Waals surface area contributed by atoms with Crippen molar-refractivity contribution < 1.29 is 33.3 Å². The molecule has 1 heterocycles. The average Bonchev–Trinajstić information content (AvgIpc) is 2.78. The second-order valence-electron chi connectivity index (χ2n) is 8.86. The third-order valence-corrected chi connectivity index (χ3v) is 9.94. The first kappa shape index (κ1) is 20.5. The topological polar surface area (TPSA) is 91.3 Å². The minimum absolute atomic E-state index is 0.0810. The number of aliphatic hydroxyl groups is 1. The molecule has 1 saturated carbocycles. The van der Waals surface area contributed by atoms with E-state index in [0.29, 0.717) is 0 Å². The average molecular weight is 375 g/mol. The summed E-state index contributed by atoms with van der Waals surface area (Å²) in [6.07, 6.45) is -2.58. The molecule has 8 heteroatoms. The van der Waals surface area contributed by atoms with Gasteiger partial charge in [0, 0.05) is 6.42 Å². The van der Waals surface area contributed by atoms with Crippen molar-refractivity contribution in [2.24, 2.45) is 0 Å². The van der Waals surface area contributed by atoms with E-state index < -0.39 is 49.8 Å². The summed E-state index contributed by atoms with van der Waals surface area (Å²) in [4.78, 5) is 24.8. The highest BCUT2D eigenvalue weighted by Crippen LogP contribution is 2.44. The SMILES string of the molecule is COC(=O)[C@]1(O)C[C@H](O[Si](C)(C)C(C)(C)C)[C@@H]2OC(C)(C)O[C@@H]2C1=O. The van der Waals surface area contributed by atoms with E-state index in [1.54, 1.807) is 13.8 Å². The minimum atomic E-state index is -2.28. The Morgan fingerprint density at radius 1 is 1.28 bits per heavy atom. The molecule has 25 heavy (non-hydrogen) atoms. The molecule has 7 nitrogen and oxygen atoms in total. The Bertz CT molecular complexity index is 566. The lowest BCUT2D eigenvalue weighted by Crippen LogP contribution is -2.65. The van der Waals surface area contributed by atoms with Gasteiger partial charge in [0.25, 0.3) is 0 Å². The van der Waals surface area contributed by atoms with Crippen LogP contribution in [0, 0.1) is 0 Å². The first-order chi connectivity index (χ1) is 11.1. The van der Waals surface area contributed by atoms with Crippen molar-refractivity contribution in [1.29, 1.82) is 0 Å². The molecule has 0 bridgehead atoms. The van der Waals surface area contributed by atoms with Gasteiger partial charge in [-0.3, -0.25) is 4.79 Å². The number of hydrogen-bond acceptors (Lipinski definition) is 7. The maximum Gasteiger partial charge on any atom is 0.345 e. The van der Waals surface area contributed by atoms with Crippen LogP contribution in [0.2, 0.25) is 18.1 Å². The van der Waals surface area contributed by atoms with E-state index in [9.17, 15) is 14.7 Å². The number of ketones is 1. The van der Waals surface area contributed by atoms with Gasteiger partial charge in [-0.1, -0.05) is 20.8 Å². The zero-order valence-corrected chi connectivity index (χ0v) is 17.3. The van der Waals surface area contributed by atoms with E-state index in [-0.39, 0.29) is 11.5 Å². The minimum Gasteiger partial charge on any atom is -0.467 e. The van der Waals surface area contributed by atoms with Gasteiger partial charge in [-0.15, -0.1) is 0 Å². The third-order valence-electron chi connectivity index (χ3n) is 5.43. The first-order valence-electron chi connectivity index (χ1n) is 8.53. The maximum absolute atomic E-state index is 12.7. The van der Waals surface area contributed by atoms with E-state index in [1.165, 1.54) is 0 Å². The molecular weight excluding hydrogens is 344 g/mol. The molecule has 1 aliphatic carbocycles. The predicted molar refractivity (Wildman–Crippen MR) is 92.5 cm³/mol. The molecule has 1 N–H and O–H groups in total. The van der Waals surface area contributed by atoms with Crippen molar-refractivity contribution in [3.8, 4) is 0 Å². The summed E-state index contributed by atoms with van der Waals surface area (Å²) < 4.78 is 22.6. The zero-order valence-electron chi connectivity index (χ0n) is 16.3. The maximum atomic E-state index is 12.7. The molecule has 4 atom stereocenters. The Balaban J connectivity index is 2.40. The highest BCUT2D eigenvalue weighted by Gasteiger charge is 2.64. The van der Waals surface area contributed by atoms with Gasteiger partial charge in [0.15, 0.2) is 20.2 Å². The Morgan fingerprint density at radius 2 is 1.84 bits per heavy atom. The normalized spacial score (nSPS) is 35.4. The van der Waals surface area contributed by atoms with Gasteiger partial charge in [-0.05, 0) is 32.0 Å². The van der Waals surface area contributed by atoms with Crippen LogP contribution in [0.1, 0.15) is 41.0 Å². The second-order valence-corrected chi connectivity index (χ2v) is 13.6. The number of carbonyl (C=O) groups is 2. The summed E-state index contributed by atoms with van der Waals surface area (Å²) in [6.45, 7) is 13.8. The molecule has 2 aliphatic rings. The van der Waals surface area contributed by atoms with Gasteiger partial charge in [0.2, 0.25) is 11.4 Å². The molecule has 2 fully saturated rings. The molecule has 0 amide bonds. The number of hydrogen-bond donors (Lipinski definition) is 1. The monoisotopic (exact) mass is 374 g/mol. The van der Waals surface area contributed by atoms with Crippen molar-refractivity contribution in [1.82, 2.24) is 0 Å². The van der Waals surface area contributed by atoms with E-state index in [1.807, 2.05) is 0 Å². The molecule has 2 rings (SSSR count). The highest BCUT2D eigenvalue weighted by molar-refractivity contribution is 6.74. The van der Waals surface area contributed by atoms with E-state index in [4.69, 9.17) is 13.9 Å². The summed E-state index contributed by atoms with van der Waals surface area (Å²) in [7, 11) is -1.10. The van der Waals surface area contributed by atoms with Gasteiger partial charge in [0.05, 0.1) is 13.2 Å². The molecule has 0 radical (unpaired) electrons. The Labute approximate surface area is 150 Å². The Kier molecular flexibility index (Phi) is 5.02. The number of esters is 1. The number of carbonyl (C=O) groups excluding carboxylic acids is 2. The van der Waals surface area contributed by atoms with Crippen LogP contribution in [0.3, 0.4) is 0 Å². The largest absolute Gasteiger partial charge is 0.467 e. The molecule has 1 aliphatic heterocycles. The van der Waals surface area contributed by atoms with Crippen LogP contribution in [-0.4, -0.2) is 62.0 Å². The highest BCUT2D eigenvalue weighted by atomic mass is 28.4. The van der Waals surface area contributed by atoms with Gasteiger partial charge in [0.1, 0.15) is 6.10 Å². The summed E-state index contributed by atoms with van der Waals surface area (Å²) >= 11 is 0. The number of fused-ring (bicyclic) bond motifs is 1. The molecule has 0 aromatic rings.